The van der Waals surface area contributed by atoms with E-state index in [4.69, 9.17) is 0 Å². The lowest BCUT2D eigenvalue weighted by molar-refractivity contribution is -0.590. The molecule has 1 heterocycles. The molecule has 0 radical (unpaired) electrons. The van der Waals surface area contributed by atoms with Crippen molar-refractivity contribution < 1.29 is 4.73 Å². The van der Waals surface area contributed by atoms with E-state index >= 15 is 0 Å². The Bertz CT molecular complexity index is 527. The van der Waals surface area contributed by atoms with Gasteiger partial charge in [-0.05, 0) is 38.0 Å². The van der Waals surface area contributed by atoms with Gasteiger partial charge in [-0.1, -0.05) is 23.8 Å². The Labute approximate surface area is 101 Å². The highest BCUT2D eigenvalue weighted by atomic mass is 16.5. The highest BCUT2D eigenvalue weighted by Gasteiger charge is 2.10. The minimum absolute atomic E-state index is 0.544. The third-order valence-corrected chi connectivity index (χ3v) is 2.75. The summed E-state index contributed by atoms with van der Waals surface area (Å²) < 4.78 is 0.832. The molecule has 0 saturated heterocycles. The van der Waals surface area contributed by atoms with Crippen LogP contribution in [0.4, 0.5) is 11.5 Å². The van der Waals surface area contributed by atoms with Gasteiger partial charge in [0.25, 0.3) is 5.82 Å². The lowest BCUT2D eigenvalue weighted by atomic mass is 10.1. The van der Waals surface area contributed by atoms with E-state index in [0.717, 1.165) is 21.5 Å². The summed E-state index contributed by atoms with van der Waals surface area (Å²) in [6, 6.07) is 9.54. The van der Waals surface area contributed by atoms with Gasteiger partial charge in [-0.2, -0.15) is 0 Å². The molecule has 0 bridgehead atoms. The zero-order valence-corrected chi connectivity index (χ0v) is 10.3. The molecule has 1 aromatic carbocycles. The van der Waals surface area contributed by atoms with Crippen molar-refractivity contribution in [3.05, 3.63) is 58.4 Å². The first-order valence-electron chi connectivity index (χ1n) is 5.61. The summed E-state index contributed by atoms with van der Waals surface area (Å²) in [6.45, 7) is 6.15. The summed E-state index contributed by atoms with van der Waals surface area (Å²) in [6.07, 6.45) is 1.49. The van der Waals surface area contributed by atoms with E-state index in [-0.39, 0.29) is 0 Å². The highest BCUT2D eigenvalue weighted by molar-refractivity contribution is 5.64. The van der Waals surface area contributed by atoms with Gasteiger partial charge in [0.05, 0.1) is 6.20 Å². The molecule has 0 aliphatic rings. The normalized spacial score (nSPS) is 10.3. The zero-order valence-electron chi connectivity index (χ0n) is 10.3. The van der Waals surface area contributed by atoms with Crippen LogP contribution in [0.25, 0.3) is 0 Å². The molecule has 1 N–H and O–H groups in total. The first kappa shape index (κ1) is 11.5. The molecule has 1 aromatic heterocycles. The Hall–Kier alpha value is -2.03. The van der Waals surface area contributed by atoms with Crippen molar-refractivity contribution in [2.24, 2.45) is 0 Å². The van der Waals surface area contributed by atoms with E-state index in [1.165, 1.54) is 11.8 Å². The quantitative estimate of drug-likeness (QED) is 0.634. The van der Waals surface area contributed by atoms with Gasteiger partial charge in [-0.3, -0.25) is 0 Å². The SMILES string of the molecule is Cc1cc(C)c(Nc2cccc[n+]2[O-])c(C)c1. The second kappa shape index (κ2) is 4.45. The van der Waals surface area contributed by atoms with Gasteiger partial charge in [0.2, 0.25) is 0 Å². The number of nitrogens with one attached hydrogen (secondary N) is 1. The largest absolute Gasteiger partial charge is 0.711 e. The maximum atomic E-state index is 11.6. The zero-order chi connectivity index (χ0) is 12.4. The Kier molecular flexibility index (Phi) is 3.00. The summed E-state index contributed by atoms with van der Waals surface area (Å²) in [4.78, 5) is 0. The molecule has 0 unspecified atom stereocenters. The molecule has 2 rings (SSSR count). The molecule has 17 heavy (non-hydrogen) atoms. The summed E-state index contributed by atoms with van der Waals surface area (Å²) in [5.74, 6) is 0.544. The number of hydrogen-bond acceptors (Lipinski definition) is 2. The van der Waals surface area contributed by atoms with Gasteiger partial charge >= 0.3 is 0 Å². The number of aryl methyl sites for hydroxylation is 3. The lowest BCUT2D eigenvalue weighted by Gasteiger charge is -2.11. The van der Waals surface area contributed by atoms with Crippen molar-refractivity contribution in [2.75, 3.05) is 5.32 Å². The van der Waals surface area contributed by atoms with Crippen LogP contribution in [0.5, 0.6) is 0 Å². The highest BCUT2D eigenvalue weighted by Crippen LogP contribution is 2.24. The average molecular weight is 228 g/mol. The van der Waals surface area contributed by atoms with E-state index in [9.17, 15) is 5.21 Å². The summed E-state index contributed by atoms with van der Waals surface area (Å²) in [5, 5.41) is 14.8. The maximum Gasteiger partial charge on any atom is 0.282 e. The topological polar surface area (TPSA) is 39.0 Å². The Morgan fingerprint density at radius 1 is 1.06 bits per heavy atom. The van der Waals surface area contributed by atoms with Crippen LogP contribution >= 0.6 is 0 Å². The molecule has 2 aromatic rings. The van der Waals surface area contributed by atoms with Crippen molar-refractivity contribution in [1.82, 2.24) is 0 Å². The van der Waals surface area contributed by atoms with Crippen LogP contribution in [0, 0.1) is 26.0 Å². The second-order valence-corrected chi connectivity index (χ2v) is 4.31. The number of aromatic nitrogens is 1. The molecule has 3 heteroatoms. The molecule has 0 amide bonds. The van der Waals surface area contributed by atoms with Gasteiger partial charge in [0.1, 0.15) is 5.69 Å². The molecule has 0 aliphatic carbocycles. The second-order valence-electron chi connectivity index (χ2n) is 4.31. The molecule has 0 aliphatic heterocycles. The number of benzene rings is 1. The minimum atomic E-state index is 0.544. The van der Waals surface area contributed by atoms with Crippen LogP contribution in [-0.4, -0.2) is 0 Å². The van der Waals surface area contributed by atoms with E-state index in [2.05, 4.69) is 24.4 Å². The number of hydrogen-bond donors (Lipinski definition) is 1. The fourth-order valence-corrected chi connectivity index (χ4v) is 2.03. The monoisotopic (exact) mass is 228 g/mol. The molecule has 88 valence electrons. The van der Waals surface area contributed by atoms with Crippen LogP contribution in [0.3, 0.4) is 0 Å². The third-order valence-electron chi connectivity index (χ3n) is 2.75. The summed E-state index contributed by atoms with van der Waals surface area (Å²) in [7, 11) is 0. The minimum Gasteiger partial charge on any atom is -0.711 e. The summed E-state index contributed by atoms with van der Waals surface area (Å²) in [5.41, 5.74) is 4.53. The Balaban J connectivity index is 2.40. The molecule has 0 spiro atoms. The number of pyridine rings is 1. The van der Waals surface area contributed by atoms with Gasteiger partial charge in [-0.15, -0.1) is 0 Å². The Morgan fingerprint density at radius 3 is 2.29 bits per heavy atom. The van der Waals surface area contributed by atoms with Crippen molar-refractivity contribution in [1.29, 1.82) is 0 Å². The molecule has 3 nitrogen and oxygen atoms in total. The summed E-state index contributed by atoms with van der Waals surface area (Å²) >= 11 is 0. The van der Waals surface area contributed by atoms with Crippen LogP contribution in [0.15, 0.2) is 36.5 Å². The van der Waals surface area contributed by atoms with Crippen molar-refractivity contribution >= 4 is 11.5 Å². The van der Waals surface area contributed by atoms with E-state index in [0.29, 0.717) is 5.82 Å². The van der Waals surface area contributed by atoms with Crippen LogP contribution in [0.1, 0.15) is 16.7 Å². The van der Waals surface area contributed by atoms with Crippen LogP contribution in [-0.2, 0) is 0 Å². The number of nitrogens with zero attached hydrogens (tertiary/aromatic N) is 1. The number of anilines is 2. The lowest BCUT2D eigenvalue weighted by Crippen LogP contribution is -2.28. The van der Waals surface area contributed by atoms with Gasteiger partial charge in [0, 0.05) is 6.07 Å². The van der Waals surface area contributed by atoms with Crippen molar-refractivity contribution in [3.8, 4) is 0 Å². The molecule has 0 atom stereocenters. The predicted molar refractivity (Wildman–Crippen MR) is 69.3 cm³/mol. The van der Waals surface area contributed by atoms with Gasteiger partial charge in [0.15, 0.2) is 0 Å². The van der Waals surface area contributed by atoms with Crippen LogP contribution in [0.2, 0.25) is 0 Å². The Morgan fingerprint density at radius 2 is 1.71 bits per heavy atom. The first-order valence-corrected chi connectivity index (χ1v) is 5.61. The fraction of sp³-hybridized carbons (Fsp3) is 0.214. The average Bonchev–Trinajstić information content (AvgIpc) is 2.25. The van der Waals surface area contributed by atoms with Gasteiger partial charge in [-0.25, -0.2) is 10.0 Å². The van der Waals surface area contributed by atoms with E-state index in [1.54, 1.807) is 12.1 Å². The van der Waals surface area contributed by atoms with Crippen molar-refractivity contribution in [2.45, 2.75) is 20.8 Å². The van der Waals surface area contributed by atoms with Crippen LogP contribution < -0.4 is 10.0 Å². The first-order chi connectivity index (χ1) is 8.08. The predicted octanol–water partition coefficient (Wildman–Crippen LogP) is 2.99. The molecular weight excluding hydrogens is 212 g/mol. The molecule has 0 saturated carbocycles. The molecular formula is C14H16N2O. The van der Waals surface area contributed by atoms with Crippen molar-refractivity contribution in [3.63, 3.8) is 0 Å². The maximum absolute atomic E-state index is 11.6. The number of rotatable bonds is 2. The fourth-order valence-electron chi connectivity index (χ4n) is 2.03. The van der Waals surface area contributed by atoms with E-state index in [1.807, 2.05) is 19.9 Å². The molecule has 0 fully saturated rings. The smallest absolute Gasteiger partial charge is 0.282 e. The van der Waals surface area contributed by atoms with Gasteiger partial charge < -0.3 is 5.21 Å². The van der Waals surface area contributed by atoms with E-state index < -0.39 is 0 Å². The standard InChI is InChI=1S/C14H16N2O/c1-10-8-11(2)14(12(3)9-10)15-13-6-4-5-7-16(13)17/h4-9,15H,1-3H3. The third kappa shape index (κ3) is 2.38.